The quantitative estimate of drug-likeness (QED) is 0.671. The van der Waals surface area contributed by atoms with Crippen molar-refractivity contribution in [2.75, 3.05) is 31.6 Å². The van der Waals surface area contributed by atoms with Crippen molar-refractivity contribution in [2.24, 2.45) is 0 Å². The minimum atomic E-state index is 0.0703. The van der Waals surface area contributed by atoms with Gasteiger partial charge in [-0.2, -0.15) is 0 Å². The number of rotatable bonds is 5. The van der Waals surface area contributed by atoms with E-state index in [1.54, 1.807) is 13.3 Å². The Hall–Kier alpha value is -2.99. The highest BCUT2D eigenvalue weighted by Crippen LogP contribution is 2.45. The van der Waals surface area contributed by atoms with Crippen LogP contribution in [-0.2, 0) is 18.5 Å². The van der Waals surface area contributed by atoms with Crippen molar-refractivity contribution in [1.82, 2.24) is 19.9 Å². The van der Waals surface area contributed by atoms with E-state index in [0.717, 1.165) is 56.3 Å². The van der Waals surface area contributed by atoms with E-state index >= 15 is 0 Å². The summed E-state index contributed by atoms with van der Waals surface area (Å²) in [7, 11) is 1.68. The molecule has 5 rings (SSSR count). The molecular weight excluding hydrogens is 362 g/mol. The summed E-state index contributed by atoms with van der Waals surface area (Å²) in [6, 6.07) is 14.4. The van der Waals surface area contributed by atoms with Crippen molar-refractivity contribution >= 4 is 5.69 Å². The minimum Gasteiger partial charge on any atom is -0.481 e. The van der Waals surface area contributed by atoms with Gasteiger partial charge in [-0.3, -0.25) is 14.9 Å². The fourth-order valence-corrected chi connectivity index (χ4v) is 4.80. The van der Waals surface area contributed by atoms with Gasteiger partial charge < -0.3 is 9.64 Å². The zero-order valence-electron chi connectivity index (χ0n) is 16.7. The summed E-state index contributed by atoms with van der Waals surface area (Å²) < 4.78 is 5.45. The third kappa shape index (κ3) is 3.34. The molecule has 1 saturated heterocycles. The van der Waals surface area contributed by atoms with Gasteiger partial charge in [0.25, 0.3) is 0 Å². The lowest BCUT2D eigenvalue weighted by molar-refractivity contribution is 0.296. The van der Waals surface area contributed by atoms with Gasteiger partial charge in [-0.05, 0) is 43.3 Å². The smallest absolute Gasteiger partial charge is 0.217 e. The molecule has 148 valence electrons. The van der Waals surface area contributed by atoms with Crippen LogP contribution in [0.2, 0.25) is 0 Å². The SMILES string of the molecule is COc1ncccc1CN1CC[C@@]2(C1)CN(Cc1ccccn1)c1cccnc12. The summed E-state index contributed by atoms with van der Waals surface area (Å²) >= 11 is 0. The van der Waals surface area contributed by atoms with Gasteiger partial charge in [0.15, 0.2) is 0 Å². The van der Waals surface area contributed by atoms with Gasteiger partial charge in [-0.15, -0.1) is 0 Å². The highest BCUT2D eigenvalue weighted by Gasteiger charge is 2.48. The van der Waals surface area contributed by atoms with Gasteiger partial charge in [0.05, 0.1) is 30.7 Å². The zero-order valence-corrected chi connectivity index (χ0v) is 16.7. The average Bonchev–Trinajstić information content (AvgIpc) is 3.31. The van der Waals surface area contributed by atoms with Crippen LogP contribution < -0.4 is 9.64 Å². The number of nitrogens with zero attached hydrogens (tertiary/aromatic N) is 5. The molecule has 0 bridgehead atoms. The fraction of sp³-hybridized carbons (Fsp3) is 0.348. The van der Waals surface area contributed by atoms with E-state index in [0.29, 0.717) is 0 Å². The van der Waals surface area contributed by atoms with Crippen LogP contribution in [0, 0.1) is 0 Å². The molecule has 1 spiro atoms. The molecule has 5 heterocycles. The van der Waals surface area contributed by atoms with E-state index in [1.807, 2.05) is 30.6 Å². The first-order valence-corrected chi connectivity index (χ1v) is 10.1. The Labute approximate surface area is 171 Å². The van der Waals surface area contributed by atoms with E-state index in [4.69, 9.17) is 9.72 Å². The van der Waals surface area contributed by atoms with Gasteiger partial charge in [-0.25, -0.2) is 4.98 Å². The van der Waals surface area contributed by atoms with Crippen molar-refractivity contribution < 1.29 is 4.74 Å². The highest BCUT2D eigenvalue weighted by atomic mass is 16.5. The molecule has 1 atom stereocenters. The van der Waals surface area contributed by atoms with Gasteiger partial charge in [0.2, 0.25) is 5.88 Å². The van der Waals surface area contributed by atoms with Crippen molar-refractivity contribution in [3.8, 4) is 5.88 Å². The molecule has 2 aliphatic heterocycles. The summed E-state index contributed by atoms with van der Waals surface area (Å²) in [5.74, 6) is 0.718. The van der Waals surface area contributed by atoms with E-state index < -0.39 is 0 Å². The number of aromatic nitrogens is 3. The molecule has 3 aromatic rings. The normalized spacial score (nSPS) is 20.9. The minimum absolute atomic E-state index is 0.0703. The molecule has 0 saturated carbocycles. The number of hydrogen-bond acceptors (Lipinski definition) is 6. The largest absolute Gasteiger partial charge is 0.481 e. The number of pyridine rings is 3. The molecule has 6 heteroatoms. The number of anilines is 1. The summed E-state index contributed by atoms with van der Waals surface area (Å²) in [5, 5.41) is 0. The van der Waals surface area contributed by atoms with E-state index in [2.05, 4.69) is 44.0 Å². The van der Waals surface area contributed by atoms with Gasteiger partial charge in [0, 0.05) is 49.2 Å². The molecule has 6 nitrogen and oxygen atoms in total. The van der Waals surface area contributed by atoms with Crippen LogP contribution in [0.1, 0.15) is 23.4 Å². The Bertz CT molecular complexity index is 995. The second-order valence-electron chi connectivity index (χ2n) is 7.96. The second-order valence-corrected chi connectivity index (χ2v) is 7.96. The van der Waals surface area contributed by atoms with Gasteiger partial charge in [0.1, 0.15) is 0 Å². The third-order valence-electron chi connectivity index (χ3n) is 6.07. The molecule has 3 aromatic heterocycles. The Kier molecular flexibility index (Phi) is 4.64. The molecule has 0 aromatic carbocycles. The zero-order chi connectivity index (χ0) is 19.7. The van der Waals surface area contributed by atoms with E-state index in [9.17, 15) is 0 Å². The Morgan fingerprint density at radius 3 is 2.66 bits per heavy atom. The summed E-state index contributed by atoms with van der Waals surface area (Å²) in [5.41, 5.74) is 4.78. The Morgan fingerprint density at radius 1 is 0.931 bits per heavy atom. The lowest BCUT2D eigenvalue weighted by atomic mass is 9.85. The van der Waals surface area contributed by atoms with Gasteiger partial charge >= 0.3 is 0 Å². The lowest BCUT2D eigenvalue weighted by Gasteiger charge is -2.26. The number of hydrogen-bond donors (Lipinski definition) is 0. The van der Waals surface area contributed by atoms with Crippen molar-refractivity contribution in [3.05, 3.63) is 78.0 Å². The maximum atomic E-state index is 5.45. The number of methoxy groups -OCH3 is 1. The highest BCUT2D eigenvalue weighted by molar-refractivity contribution is 5.60. The predicted molar refractivity (Wildman–Crippen MR) is 112 cm³/mol. The molecule has 1 fully saturated rings. The molecule has 29 heavy (non-hydrogen) atoms. The van der Waals surface area contributed by atoms with Crippen molar-refractivity contribution in [3.63, 3.8) is 0 Å². The first kappa shape index (κ1) is 18.1. The molecule has 0 unspecified atom stereocenters. The topological polar surface area (TPSA) is 54.4 Å². The van der Waals surface area contributed by atoms with Crippen LogP contribution in [-0.4, -0.2) is 46.6 Å². The van der Waals surface area contributed by atoms with Crippen LogP contribution in [0.15, 0.2) is 61.1 Å². The van der Waals surface area contributed by atoms with Crippen molar-refractivity contribution in [1.29, 1.82) is 0 Å². The molecule has 0 aliphatic carbocycles. The molecule has 0 N–H and O–H groups in total. The van der Waals surface area contributed by atoms with E-state index in [1.165, 1.54) is 11.4 Å². The number of fused-ring (bicyclic) bond motifs is 2. The molecule has 0 amide bonds. The Balaban J connectivity index is 1.38. The monoisotopic (exact) mass is 387 g/mol. The molecule has 2 aliphatic rings. The van der Waals surface area contributed by atoms with E-state index in [-0.39, 0.29) is 5.41 Å². The standard InChI is InChI=1S/C23H25N5O/c1-29-22-18(6-4-12-26-22)14-27-13-9-23(16-27)17-28(15-19-7-2-3-10-24-19)20-8-5-11-25-21(20)23/h2-8,10-12H,9,13-17H2,1H3/t23-/m1/s1. The summed E-state index contributed by atoms with van der Waals surface area (Å²) in [4.78, 5) is 18.7. The second kappa shape index (κ2) is 7.44. The molecule has 0 radical (unpaired) electrons. The summed E-state index contributed by atoms with van der Waals surface area (Å²) in [6.45, 7) is 4.69. The van der Waals surface area contributed by atoms with Crippen LogP contribution in [0.3, 0.4) is 0 Å². The molecular formula is C23H25N5O. The Morgan fingerprint density at radius 2 is 1.79 bits per heavy atom. The lowest BCUT2D eigenvalue weighted by Crippen LogP contribution is -2.36. The van der Waals surface area contributed by atoms with Crippen LogP contribution in [0.5, 0.6) is 5.88 Å². The van der Waals surface area contributed by atoms with Crippen LogP contribution in [0.25, 0.3) is 0 Å². The van der Waals surface area contributed by atoms with Gasteiger partial charge in [-0.1, -0.05) is 12.1 Å². The first-order valence-electron chi connectivity index (χ1n) is 10.1. The maximum absolute atomic E-state index is 5.45. The summed E-state index contributed by atoms with van der Waals surface area (Å²) in [6.07, 6.45) is 6.68. The first-order chi connectivity index (χ1) is 14.3. The number of likely N-dealkylation sites (tertiary alicyclic amines) is 1. The fourth-order valence-electron chi connectivity index (χ4n) is 4.80. The average molecular weight is 387 g/mol. The number of ether oxygens (including phenoxy) is 1. The maximum Gasteiger partial charge on any atom is 0.217 e. The van der Waals surface area contributed by atoms with Crippen LogP contribution in [0.4, 0.5) is 5.69 Å². The van der Waals surface area contributed by atoms with Crippen molar-refractivity contribution in [2.45, 2.75) is 24.9 Å². The predicted octanol–water partition coefficient (Wildman–Crippen LogP) is 3.04. The third-order valence-corrected chi connectivity index (χ3v) is 6.07. The van der Waals surface area contributed by atoms with Crippen LogP contribution >= 0.6 is 0 Å².